The van der Waals surface area contributed by atoms with Crippen LogP contribution in [0.1, 0.15) is 28.9 Å². The van der Waals surface area contributed by atoms with Crippen LogP contribution in [-0.4, -0.2) is 58.5 Å². The van der Waals surface area contributed by atoms with Crippen molar-refractivity contribution in [1.29, 1.82) is 0 Å². The van der Waals surface area contributed by atoms with Gasteiger partial charge in [-0.1, -0.05) is 18.2 Å². The highest BCUT2D eigenvalue weighted by atomic mass is 16.5. The summed E-state index contributed by atoms with van der Waals surface area (Å²) in [6.45, 7) is 2.56. The van der Waals surface area contributed by atoms with Gasteiger partial charge in [0.05, 0.1) is 23.6 Å². The van der Waals surface area contributed by atoms with Crippen molar-refractivity contribution in [2.45, 2.75) is 19.8 Å². The van der Waals surface area contributed by atoms with E-state index in [2.05, 4.69) is 5.10 Å². The molecule has 2 heterocycles. The molecule has 7 nitrogen and oxygen atoms in total. The minimum atomic E-state index is -1.05. The van der Waals surface area contributed by atoms with E-state index in [9.17, 15) is 14.7 Å². The molecule has 0 aliphatic carbocycles. The van der Waals surface area contributed by atoms with Crippen molar-refractivity contribution in [3.63, 3.8) is 0 Å². The van der Waals surface area contributed by atoms with Gasteiger partial charge in [-0.2, -0.15) is 5.10 Å². The number of likely N-dealkylation sites (tertiary alicyclic amines) is 1. The van der Waals surface area contributed by atoms with Crippen molar-refractivity contribution in [1.82, 2.24) is 14.7 Å². The number of ether oxygens (including phenoxy) is 1. The Labute approximate surface area is 152 Å². The van der Waals surface area contributed by atoms with Crippen molar-refractivity contribution in [3.05, 3.63) is 47.8 Å². The van der Waals surface area contributed by atoms with Gasteiger partial charge < -0.3 is 14.7 Å². The number of piperidine rings is 1. The van der Waals surface area contributed by atoms with Crippen molar-refractivity contribution < 1.29 is 19.4 Å². The maximum absolute atomic E-state index is 13.0. The molecule has 1 aromatic heterocycles. The lowest BCUT2D eigenvalue weighted by molar-refractivity contribution is -0.155. The minimum Gasteiger partial charge on any atom is -0.481 e. The number of hydrogen-bond acceptors (Lipinski definition) is 4. The fourth-order valence-electron chi connectivity index (χ4n) is 3.49. The molecule has 1 saturated heterocycles. The Bertz CT molecular complexity index is 798. The van der Waals surface area contributed by atoms with Crippen molar-refractivity contribution in [2.24, 2.45) is 5.41 Å². The Morgan fingerprint density at radius 3 is 2.69 bits per heavy atom. The molecule has 1 unspecified atom stereocenters. The Hall–Kier alpha value is -2.67. The van der Waals surface area contributed by atoms with Crippen molar-refractivity contribution in [2.75, 3.05) is 26.8 Å². The normalized spacial score (nSPS) is 20.2. The zero-order chi connectivity index (χ0) is 18.7. The summed E-state index contributed by atoms with van der Waals surface area (Å²) >= 11 is 0. The number of carbonyl (C=O) groups excluding carboxylic acids is 1. The molecule has 26 heavy (non-hydrogen) atoms. The first-order chi connectivity index (χ1) is 12.5. The van der Waals surface area contributed by atoms with E-state index >= 15 is 0 Å². The van der Waals surface area contributed by atoms with Crippen molar-refractivity contribution in [3.8, 4) is 5.69 Å². The first-order valence-electron chi connectivity index (χ1n) is 8.60. The summed E-state index contributed by atoms with van der Waals surface area (Å²) in [6.07, 6.45) is 2.84. The van der Waals surface area contributed by atoms with E-state index in [1.165, 1.54) is 7.11 Å². The van der Waals surface area contributed by atoms with E-state index in [1.807, 2.05) is 30.3 Å². The molecule has 1 aliphatic heterocycles. The smallest absolute Gasteiger partial charge is 0.313 e. The third-order valence-electron chi connectivity index (χ3n) is 4.89. The van der Waals surface area contributed by atoms with Crippen LogP contribution in [0.5, 0.6) is 0 Å². The molecule has 0 bridgehead atoms. The van der Waals surface area contributed by atoms with Crippen LogP contribution in [0.15, 0.2) is 36.5 Å². The highest BCUT2D eigenvalue weighted by Crippen LogP contribution is 2.32. The summed E-state index contributed by atoms with van der Waals surface area (Å²) in [4.78, 5) is 26.4. The molecule has 1 atom stereocenters. The van der Waals surface area contributed by atoms with E-state index in [0.29, 0.717) is 30.6 Å². The van der Waals surface area contributed by atoms with Gasteiger partial charge in [-0.15, -0.1) is 0 Å². The molecule has 138 valence electrons. The number of carboxylic acids is 1. The number of nitrogens with zero attached hydrogens (tertiary/aromatic N) is 3. The van der Waals surface area contributed by atoms with Gasteiger partial charge >= 0.3 is 5.97 Å². The van der Waals surface area contributed by atoms with Gasteiger partial charge in [-0.3, -0.25) is 9.59 Å². The van der Waals surface area contributed by atoms with Crippen LogP contribution in [0.2, 0.25) is 0 Å². The summed E-state index contributed by atoms with van der Waals surface area (Å²) in [5.41, 5.74) is 0.934. The topological polar surface area (TPSA) is 84.7 Å². The Morgan fingerprint density at radius 2 is 2.04 bits per heavy atom. The molecule has 1 fully saturated rings. The fraction of sp³-hybridized carbons (Fsp3) is 0.421. The number of methoxy groups -OCH3 is 1. The summed E-state index contributed by atoms with van der Waals surface area (Å²) in [7, 11) is 1.49. The van der Waals surface area contributed by atoms with Crippen LogP contribution in [0.25, 0.3) is 5.69 Å². The van der Waals surface area contributed by atoms with Gasteiger partial charge in [0.2, 0.25) is 0 Å². The monoisotopic (exact) mass is 357 g/mol. The first-order valence-corrected chi connectivity index (χ1v) is 8.60. The predicted octanol–water partition coefficient (Wildman–Crippen LogP) is 2.13. The summed E-state index contributed by atoms with van der Waals surface area (Å²) in [5.74, 6) is -1.11. The lowest BCUT2D eigenvalue weighted by atomic mass is 9.80. The minimum absolute atomic E-state index is 0.0916. The molecule has 1 aliphatic rings. The third kappa shape index (κ3) is 3.35. The second kappa shape index (κ2) is 7.29. The Kier molecular flexibility index (Phi) is 5.08. The first kappa shape index (κ1) is 18.1. The molecule has 1 amide bonds. The van der Waals surface area contributed by atoms with Gasteiger partial charge in [0, 0.05) is 26.4 Å². The highest BCUT2D eigenvalue weighted by Gasteiger charge is 2.44. The molecule has 7 heteroatoms. The van der Waals surface area contributed by atoms with Gasteiger partial charge in [-0.25, -0.2) is 4.68 Å². The van der Waals surface area contributed by atoms with Gasteiger partial charge in [0.1, 0.15) is 5.41 Å². The van der Waals surface area contributed by atoms with Gasteiger partial charge in [-0.05, 0) is 31.9 Å². The highest BCUT2D eigenvalue weighted by molar-refractivity contribution is 5.95. The number of amides is 1. The van der Waals surface area contributed by atoms with E-state index in [1.54, 1.807) is 22.7 Å². The van der Waals surface area contributed by atoms with Crippen LogP contribution in [0.3, 0.4) is 0 Å². The number of rotatable bonds is 5. The summed E-state index contributed by atoms with van der Waals surface area (Å²) in [6, 6.07) is 9.56. The second-order valence-electron chi connectivity index (χ2n) is 6.76. The second-order valence-corrected chi connectivity index (χ2v) is 6.76. The van der Waals surface area contributed by atoms with Crippen LogP contribution >= 0.6 is 0 Å². The molecule has 3 rings (SSSR count). The lowest BCUT2D eigenvalue weighted by Crippen LogP contribution is -2.52. The molecule has 0 spiro atoms. The SMILES string of the molecule is COCC1(C(=O)O)CCCN(C(=O)c2cn(-c3ccccc3)nc2C)C1. The zero-order valence-corrected chi connectivity index (χ0v) is 15.0. The maximum atomic E-state index is 13.0. The third-order valence-corrected chi connectivity index (χ3v) is 4.89. The number of aromatic nitrogens is 2. The molecular weight excluding hydrogens is 334 g/mol. The van der Waals surface area contributed by atoms with E-state index in [4.69, 9.17) is 4.74 Å². The number of para-hydroxylation sites is 1. The summed E-state index contributed by atoms with van der Waals surface area (Å²) in [5, 5.41) is 14.1. The molecule has 0 saturated carbocycles. The number of aryl methyl sites for hydroxylation is 1. The maximum Gasteiger partial charge on any atom is 0.313 e. The number of carboxylic acid groups (broad SMARTS) is 1. The number of hydrogen-bond donors (Lipinski definition) is 1. The molecule has 1 aromatic carbocycles. The number of carbonyl (C=O) groups is 2. The largest absolute Gasteiger partial charge is 0.481 e. The van der Waals surface area contributed by atoms with Crippen LogP contribution in [0, 0.1) is 12.3 Å². The lowest BCUT2D eigenvalue weighted by Gasteiger charge is -2.39. The summed E-state index contributed by atoms with van der Waals surface area (Å²) < 4.78 is 6.80. The van der Waals surface area contributed by atoms with Crippen molar-refractivity contribution >= 4 is 11.9 Å². The number of benzene rings is 1. The van der Waals surface area contributed by atoms with E-state index in [0.717, 1.165) is 5.69 Å². The average Bonchev–Trinajstić information content (AvgIpc) is 3.04. The average molecular weight is 357 g/mol. The van der Waals surface area contributed by atoms with Crippen LogP contribution in [0.4, 0.5) is 0 Å². The van der Waals surface area contributed by atoms with Crippen LogP contribution in [-0.2, 0) is 9.53 Å². The number of aliphatic carboxylic acids is 1. The quantitative estimate of drug-likeness (QED) is 0.886. The van der Waals surface area contributed by atoms with Crippen LogP contribution < -0.4 is 0 Å². The molecular formula is C19H23N3O4. The van der Waals surface area contributed by atoms with E-state index < -0.39 is 11.4 Å². The van der Waals surface area contributed by atoms with Gasteiger partial charge in [0.25, 0.3) is 5.91 Å². The fourth-order valence-corrected chi connectivity index (χ4v) is 3.49. The Balaban J connectivity index is 1.85. The van der Waals surface area contributed by atoms with Gasteiger partial charge in [0.15, 0.2) is 0 Å². The Morgan fingerprint density at radius 1 is 1.31 bits per heavy atom. The molecule has 0 radical (unpaired) electrons. The van der Waals surface area contributed by atoms with E-state index in [-0.39, 0.29) is 19.1 Å². The predicted molar refractivity (Wildman–Crippen MR) is 95.4 cm³/mol. The molecule has 2 aromatic rings. The zero-order valence-electron chi connectivity index (χ0n) is 15.0. The standard InChI is InChI=1S/C19H23N3O4/c1-14-16(11-22(20-14)15-7-4-3-5-8-15)17(23)21-10-6-9-19(12-21,13-26-2)18(24)25/h3-5,7-8,11H,6,9-10,12-13H2,1-2H3,(H,24,25). The molecule has 1 N–H and O–H groups in total.